The molecule has 6 N–H and O–H groups in total. The van der Waals surface area contributed by atoms with Gasteiger partial charge < -0.3 is 31.1 Å². The predicted molar refractivity (Wildman–Crippen MR) is 56.6 cm³/mol. The van der Waals surface area contributed by atoms with Gasteiger partial charge in [0.2, 0.25) is 5.91 Å². The van der Waals surface area contributed by atoms with Crippen LogP contribution in [-0.2, 0) is 9.53 Å². The van der Waals surface area contributed by atoms with E-state index >= 15 is 0 Å². The van der Waals surface area contributed by atoms with Crippen molar-refractivity contribution >= 4 is 5.91 Å². The van der Waals surface area contributed by atoms with Gasteiger partial charge in [0.05, 0.1) is 25.9 Å². The fraction of sp³-hybridized carbons (Fsp3) is 0.889. The Morgan fingerprint density at radius 3 is 2.25 bits per heavy atom. The van der Waals surface area contributed by atoms with E-state index in [0.29, 0.717) is 13.0 Å². The highest BCUT2D eigenvalue weighted by Gasteiger charge is 2.31. The van der Waals surface area contributed by atoms with Crippen LogP contribution in [0.5, 0.6) is 0 Å². The predicted octanol–water partition coefficient (Wildman–Crippen LogP) is -2.82. The molecule has 0 fully saturated rings. The molecular formula is C9H20N2O5. The molecule has 0 saturated carbocycles. The van der Waals surface area contributed by atoms with Crippen LogP contribution < -0.4 is 11.1 Å². The summed E-state index contributed by atoms with van der Waals surface area (Å²) in [6.45, 7) is -1.37. The minimum atomic E-state index is -1.43. The molecule has 0 aliphatic heterocycles. The van der Waals surface area contributed by atoms with Crippen LogP contribution in [0.25, 0.3) is 0 Å². The molecule has 1 amide bonds. The van der Waals surface area contributed by atoms with Crippen molar-refractivity contribution in [2.45, 2.75) is 18.0 Å². The number of methoxy groups -OCH3 is 1. The maximum absolute atomic E-state index is 11.5. The maximum Gasteiger partial charge on any atom is 0.237 e. The summed E-state index contributed by atoms with van der Waals surface area (Å²) in [5.41, 5.74) is 4.11. The van der Waals surface area contributed by atoms with E-state index in [4.69, 9.17) is 25.8 Å². The molecule has 0 saturated heterocycles. The second-order valence-electron chi connectivity index (χ2n) is 3.63. The van der Waals surface area contributed by atoms with Gasteiger partial charge in [0.1, 0.15) is 5.54 Å². The highest BCUT2D eigenvalue weighted by atomic mass is 16.5. The molecule has 7 heteroatoms. The molecule has 0 heterocycles. The van der Waals surface area contributed by atoms with E-state index in [9.17, 15) is 4.79 Å². The highest BCUT2D eigenvalue weighted by molar-refractivity contribution is 5.82. The van der Waals surface area contributed by atoms with Crippen molar-refractivity contribution in [1.82, 2.24) is 5.32 Å². The highest BCUT2D eigenvalue weighted by Crippen LogP contribution is 2.02. The standard InChI is InChI=1S/C9H20N2O5/c1-16-3-2-7(10)8(15)11-9(4-12,5-13)6-14/h7,12-14H,2-6,10H2,1H3,(H,11,15). The second-order valence-corrected chi connectivity index (χ2v) is 3.63. The van der Waals surface area contributed by atoms with E-state index in [-0.39, 0.29) is 0 Å². The van der Waals surface area contributed by atoms with Crippen LogP contribution in [0, 0.1) is 0 Å². The summed E-state index contributed by atoms with van der Waals surface area (Å²) in [5.74, 6) is -0.547. The summed E-state index contributed by atoms with van der Waals surface area (Å²) < 4.78 is 4.76. The number of nitrogens with one attached hydrogen (secondary N) is 1. The zero-order valence-electron chi connectivity index (χ0n) is 9.35. The Morgan fingerprint density at radius 2 is 1.88 bits per heavy atom. The van der Waals surface area contributed by atoms with Gasteiger partial charge in [-0.1, -0.05) is 0 Å². The Kier molecular flexibility index (Phi) is 7.18. The molecule has 96 valence electrons. The molecule has 0 radical (unpaired) electrons. The van der Waals surface area contributed by atoms with Crippen LogP contribution in [0.4, 0.5) is 0 Å². The first kappa shape index (κ1) is 15.3. The normalized spacial score (nSPS) is 13.6. The summed E-state index contributed by atoms with van der Waals surface area (Å²) in [6, 6.07) is -0.802. The average molecular weight is 236 g/mol. The molecule has 1 unspecified atom stereocenters. The first-order valence-electron chi connectivity index (χ1n) is 4.94. The number of aliphatic hydroxyl groups excluding tert-OH is 3. The lowest BCUT2D eigenvalue weighted by Gasteiger charge is -2.29. The maximum atomic E-state index is 11.5. The fourth-order valence-corrected chi connectivity index (χ4v) is 0.999. The summed E-state index contributed by atoms with van der Waals surface area (Å²) in [4.78, 5) is 11.5. The quantitative estimate of drug-likeness (QED) is 0.309. The lowest BCUT2D eigenvalue weighted by molar-refractivity contribution is -0.127. The number of ether oxygens (including phenoxy) is 1. The molecular weight excluding hydrogens is 216 g/mol. The van der Waals surface area contributed by atoms with Gasteiger partial charge in [0, 0.05) is 13.7 Å². The minimum Gasteiger partial charge on any atom is -0.394 e. The van der Waals surface area contributed by atoms with Gasteiger partial charge in [0.15, 0.2) is 0 Å². The van der Waals surface area contributed by atoms with Crippen LogP contribution in [0.1, 0.15) is 6.42 Å². The van der Waals surface area contributed by atoms with E-state index < -0.39 is 37.3 Å². The van der Waals surface area contributed by atoms with Crippen molar-refractivity contribution in [2.75, 3.05) is 33.5 Å². The zero-order valence-corrected chi connectivity index (χ0v) is 9.35. The fourth-order valence-electron chi connectivity index (χ4n) is 0.999. The first-order chi connectivity index (χ1) is 7.55. The van der Waals surface area contributed by atoms with Gasteiger partial charge in [-0.05, 0) is 6.42 Å². The Balaban J connectivity index is 4.28. The summed E-state index contributed by atoms with van der Waals surface area (Å²) >= 11 is 0. The third kappa shape index (κ3) is 4.42. The molecule has 0 aromatic rings. The molecule has 1 atom stereocenters. The zero-order chi connectivity index (χ0) is 12.6. The Hall–Kier alpha value is -0.730. The SMILES string of the molecule is COCCC(N)C(=O)NC(CO)(CO)CO. The molecule has 0 aliphatic rings. The Morgan fingerprint density at radius 1 is 1.38 bits per heavy atom. The van der Waals surface area contributed by atoms with Crippen molar-refractivity contribution in [3.8, 4) is 0 Å². The minimum absolute atomic E-state index is 0.320. The van der Waals surface area contributed by atoms with Crippen LogP contribution in [0.3, 0.4) is 0 Å². The van der Waals surface area contributed by atoms with Gasteiger partial charge in [0.25, 0.3) is 0 Å². The first-order valence-corrected chi connectivity index (χ1v) is 4.94. The third-order valence-electron chi connectivity index (χ3n) is 2.27. The van der Waals surface area contributed by atoms with Gasteiger partial charge in [-0.3, -0.25) is 4.79 Å². The summed E-state index contributed by atoms with van der Waals surface area (Å²) in [7, 11) is 1.49. The average Bonchev–Trinajstić information content (AvgIpc) is 2.32. The molecule has 0 aromatic heterocycles. The van der Waals surface area contributed by atoms with Gasteiger partial charge in [-0.25, -0.2) is 0 Å². The summed E-state index contributed by atoms with van der Waals surface area (Å²) in [6.07, 6.45) is 0.320. The summed E-state index contributed by atoms with van der Waals surface area (Å²) in [5, 5.41) is 29.3. The molecule has 0 rings (SSSR count). The topological polar surface area (TPSA) is 125 Å². The van der Waals surface area contributed by atoms with Crippen LogP contribution >= 0.6 is 0 Å². The number of carbonyl (C=O) groups excluding carboxylic acids is 1. The monoisotopic (exact) mass is 236 g/mol. The largest absolute Gasteiger partial charge is 0.394 e. The number of hydrogen-bond acceptors (Lipinski definition) is 6. The molecule has 0 bridgehead atoms. The smallest absolute Gasteiger partial charge is 0.237 e. The molecule has 0 spiro atoms. The lowest BCUT2D eigenvalue weighted by Crippen LogP contribution is -2.60. The Labute approximate surface area is 94.2 Å². The number of hydrogen-bond donors (Lipinski definition) is 5. The number of rotatable bonds is 8. The van der Waals surface area contributed by atoms with Crippen LogP contribution in [0.15, 0.2) is 0 Å². The van der Waals surface area contributed by atoms with Crippen molar-refractivity contribution < 1.29 is 24.9 Å². The molecule has 0 aliphatic carbocycles. The van der Waals surface area contributed by atoms with Crippen LogP contribution in [0.2, 0.25) is 0 Å². The lowest BCUT2D eigenvalue weighted by atomic mass is 10.0. The van der Waals surface area contributed by atoms with E-state index in [1.807, 2.05) is 0 Å². The van der Waals surface area contributed by atoms with E-state index in [1.54, 1.807) is 0 Å². The molecule has 0 aromatic carbocycles. The number of nitrogens with two attached hydrogens (primary N) is 1. The molecule has 16 heavy (non-hydrogen) atoms. The second kappa shape index (κ2) is 7.53. The number of aliphatic hydroxyl groups is 3. The van der Waals surface area contributed by atoms with Crippen molar-refractivity contribution in [3.05, 3.63) is 0 Å². The van der Waals surface area contributed by atoms with Crippen molar-refractivity contribution in [3.63, 3.8) is 0 Å². The number of carbonyl (C=O) groups is 1. The van der Waals surface area contributed by atoms with E-state index in [2.05, 4.69) is 5.32 Å². The van der Waals surface area contributed by atoms with Gasteiger partial charge >= 0.3 is 0 Å². The van der Waals surface area contributed by atoms with Crippen LogP contribution in [-0.4, -0.2) is 66.3 Å². The third-order valence-corrected chi connectivity index (χ3v) is 2.27. The Bertz CT molecular complexity index is 200. The van der Waals surface area contributed by atoms with Crippen molar-refractivity contribution in [2.24, 2.45) is 5.73 Å². The van der Waals surface area contributed by atoms with Gasteiger partial charge in [-0.2, -0.15) is 0 Å². The van der Waals surface area contributed by atoms with E-state index in [0.717, 1.165) is 0 Å². The number of amides is 1. The van der Waals surface area contributed by atoms with Gasteiger partial charge in [-0.15, -0.1) is 0 Å². The van der Waals surface area contributed by atoms with E-state index in [1.165, 1.54) is 7.11 Å². The van der Waals surface area contributed by atoms with Crippen molar-refractivity contribution in [1.29, 1.82) is 0 Å². The molecule has 7 nitrogen and oxygen atoms in total.